The van der Waals surface area contributed by atoms with Crippen molar-refractivity contribution in [2.75, 3.05) is 0 Å². The molecule has 0 heterocycles. The molecule has 16 heavy (non-hydrogen) atoms. The Kier molecular flexibility index (Phi) is 4.76. The summed E-state index contributed by atoms with van der Waals surface area (Å²) in [7, 11) is 0. The number of aliphatic hydroxyl groups excluding tert-OH is 1. The van der Waals surface area contributed by atoms with E-state index in [-0.39, 0.29) is 6.61 Å². The zero-order chi connectivity index (χ0) is 12.1. The number of halogens is 1. The lowest BCUT2D eigenvalue weighted by Crippen LogP contribution is -2.33. The van der Waals surface area contributed by atoms with Crippen molar-refractivity contribution in [3.8, 4) is 5.75 Å². The standard InChI is InChI=1S/C11H14BrNO3/c1-2-9(11(13)15)16-10-4-3-8(12)5-7(10)6-14/h3-5,9,14H,2,6H2,1H3,(H2,13,15). The molecular weight excluding hydrogens is 274 g/mol. The largest absolute Gasteiger partial charge is 0.480 e. The van der Waals surface area contributed by atoms with Crippen LogP contribution in [0, 0.1) is 0 Å². The zero-order valence-corrected chi connectivity index (χ0v) is 10.5. The van der Waals surface area contributed by atoms with E-state index in [2.05, 4.69) is 15.9 Å². The summed E-state index contributed by atoms with van der Waals surface area (Å²) in [5.74, 6) is -0.0225. The van der Waals surface area contributed by atoms with E-state index in [1.807, 2.05) is 6.92 Å². The molecule has 1 unspecified atom stereocenters. The Hall–Kier alpha value is -1.07. The highest BCUT2D eigenvalue weighted by atomic mass is 79.9. The molecule has 0 radical (unpaired) electrons. The topological polar surface area (TPSA) is 72.6 Å². The summed E-state index contributed by atoms with van der Waals surface area (Å²) in [6.07, 6.45) is -0.164. The molecule has 1 rings (SSSR count). The number of hydrogen-bond acceptors (Lipinski definition) is 3. The summed E-state index contributed by atoms with van der Waals surface area (Å²) < 4.78 is 6.29. The first-order valence-electron chi connectivity index (χ1n) is 4.93. The fourth-order valence-electron chi connectivity index (χ4n) is 1.28. The van der Waals surface area contributed by atoms with Gasteiger partial charge >= 0.3 is 0 Å². The van der Waals surface area contributed by atoms with E-state index in [9.17, 15) is 4.79 Å². The van der Waals surface area contributed by atoms with Gasteiger partial charge in [-0.1, -0.05) is 22.9 Å². The van der Waals surface area contributed by atoms with E-state index in [4.69, 9.17) is 15.6 Å². The number of carbonyl (C=O) groups excluding carboxylic acids is 1. The average Bonchev–Trinajstić information content (AvgIpc) is 2.26. The Morgan fingerprint density at radius 2 is 2.31 bits per heavy atom. The second kappa shape index (κ2) is 5.86. The summed E-state index contributed by atoms with van der Waals surface area (Å²) in [6, 6.07) is 5.21. The van der Waals surface area contributed by atoms with Crippen molar-refractivity contribution in [1.82, 2.24) is 0 Å². The van der Waals surface area contributed by atoms with Gasteiger partial charge in [0.2, 0.25) is 0 Å². The minimum absolute atomic E-state index is 0.149. The first kappa shape index (κ1) is 13.0. The van der Waals surface area contributed by atoms with Crippen LogP contribution in [0.1, 0.15) is 18.9 Å². The second-order valence-electron chi connectivity index (χ2n) is 3.33. The molecular formula is C11H14BrNO3. The normalized spacial score (nSPS) is 12.2. The van der Waals surface area contributed by atoms with Crippen LogP contribution in [0.15, 0.2) is 22.7 Å². The number of nitrogens with two attached hydrogens (primary N) is 1. The number of rotatable bonds is 5. The molecule has 0 aliphatic rings. The molecule has 1 aromatic carbocycles. The maximum absolute atomic E-state index is 11.0. The molecule has 5 heteroatoms. The van der Waals surface area contributed by atoms with Crippen molar-refractivity contribution in [3.63, 3.8) is 0 Å². The quantitative estimate of drug-likeness (QED) is 0.864. The van der Waals surface area contributed by atoms with Gasteiger partial charge in [0.25, 0.3) is 5.91 Å². The lowest BCUT2D eigenvalue weighted by Gasteiger charge is -2.16. The van der Waals surface area contributed by atoms with Crippen LogP contribution >= 0.6 is 15.9 Å². The van der Waals surface area contributed by atoms with E-state index in [1.54, 1.807) is 18.2 Å². The number of carbonyl (C=O) groups is 1. The molecule has 0 aromatic heterocycles. The minimum atomic E-state index is -0.661. The third kappa shape index (κ3) is 3.21. The molecule has 0 saturated heterocycles. The van der Waals surface area contributed by atoms with Crippen molar-refractivity contribution in [3.05, 3.63) is 28.2 Å². The van der Waals surface area contributed by atoms with Gasteiger partial charge in [0, 0.05) is 10.0 Å². The van der Waals surface area contributed by atoms with Gasteiger partial charge in [-0.05, 0) is 24.6 Å². The van der Waals surface area contributed by atoms with Crippen molar-refractivity contribution in [1.29, 1.82) is 0 Å². The average molecular weight is 288 g/mol. The summed E-state index contributed by atoms with van der Waals surface area (Å²) in [5.41, 5.74) is 5.80. The summed E-state index contributed by atoms with van der Waals surface area (Å²) in [5, 5.41) is 9.15. The molecule has 3 N–H and O–H groups in total. The van der Waals surface area contributed by atoms with Crippen LogP contribution in [0.3, 0.4) is 0 Å². The molecule has 88 valence electrons. The van der Waals surface area contributed by atoms with Gasteiger partial charge in [0.15, 0.2) is 6.10 Å². The molecule has 0 bridgehead atoms. The molecule has 0 saturated carbocycles. The van der Waals surface area contributed by atoms with Crippen LogP contribution in [-0.2, 0) is 11.4 Å². The molecule has 0 spiro atoms. The smallest absolute Gasteiger partial charge is 0.258 e. The summed E-state index contributed by atoms with van der Waals surface area (Å²) >= 11 is 3.29. The van der Waals surface area contributed by atoms with Gasteiger partial charge in [-0.2, -0.15) is 0 Å². The van der Waals surface area contributed by atoms with Crippen molar-refractivity contribution in [2.45, 2.75) is 26.1 Å². The van der Waals surface area contributed by atoms with Crippen LogP contribution in [0.2, 0.25) is 0 Å². The Morgan fingerprint density at radius 1 is 1.62 bits per heavy atom. The SMILES string of the molecule is CCC(Oc1ccc(Br)cc1CO)C(N)=O. The van der Waals surface area contributed by atoms with Crippen LogP contribution < -0.4 is 10.5 Å². The number of benzene rings is 1. The van der Waals surface area contributed by atoms with Crippen molar-refractivity contribution in [2.24, 2.45) is 5.73 Å². The zero-order valence-electron chi connectivity index (χ0n) is 8.94. The van der Waals surface area contributed by atoms with Crippen molar-refractivity contribution < 1.29 is 14.6 Å². The van der Waals surface area contributed by atoms with Gasteiger partial charge in [-0.3, -0.25) is 4.79 Å². The third-order valence-corrected chi connectivity index (χ3v) is 2.64. The van der Waals surface area contributed by atoms with E-state index < -0.39 is 12.0 Å². The Labute approximate surface area is 103 Å². The van der Waals surface area contributed by atoms with Gasteiger partial charge < -0.3 is 15.6 Å². The van der Waals surface area contributed by atoms with Crippen LogP contribution in [0.4, 0.5) is 0 Å². The van der Waals surface area contributed by atoms with Crippen LogP contribution in [0.5, 0.6) is 5.75 Å². The highest BCUT2D eigenvalue weighted by Gasteiger charge is 2.16. The fraction of sp³-hybridized carbons (Fsp3) is 0.364. The lowest BCUT2D eigenvalue weighted by molar-refractivity contribution is -0.124. The molecule has 0 aliphatic carbocycles. The summed E-state index contributed by atoms with van der Waals surface area (Å²) in [6.45, 7) is 1.66. The number of primary amides is 1. The van der Waals surface area contributed by atoms with Gasteiger partial charge in [0.05, 0.1) is 6.61 Å². The highest BCUT2D eigenvalue weighted by Crippen LogP contribution is 2.24. The van der Waals surface area contributed by atoms with E-state index in [0.29, 0.717) is 17.7 Å². The molecule has 0 aliphatic heterocycles. The number of amides is 1. The molecule has 1 aromatic rings. The molecule has 0 fully saturated rings. The monoisotopic (exact) mass is 287 g/mol. The maximum Gasteiger partial charge on any atom is 0.258 e. The second-order valence-corrected chi connectivity index (χ2v) is 4.24. The molecule has 4 nitrogen and oxygen atoms in total. The first-order valence-corrected chi connectivity index (χ1v) is 5.73. The number of aliphatic hydroxyl groups is 1. The minimum Gasteiger partial charge on any atom is -0.480 e. The number of hydrogen-bond donors (Lipinski definition) is 2. The van der Waals surface area contributed by atoms with Crippen LogP contribution in [0.25, 0.3) is 0 Å². The Bertz CT molecular complexity index is 381. The lowest BCUT2D eigenvalue weighted by atomic mass is 10.2. The van der Waals surface area contributed by atoms with E-state index in [0.717, 1.165) is 4.47 Å². The molecule has 1 amide bonds. The third-order valence-electron chi connectivity index (χ3n) is 2.15. The Morgan fingerprint density at radius 3 is 2.81 bits per heavy atom. The fourth-order valence-corrected chi connectivity index (χ4v) is 1.69. The predicted molar refractivity (Wildman–Crippen MR) is 64.0 cm³/mol. The van der Waals surface area contributed by atoms with E-state index >= 15 is 0 Å². The maximum atomic E-state index is 11.0. The van der Waals surface area contributed by atoms with E-state index in [1.165, 1.54) is 0 Å². The van der Waals surface area contributed by atoms with Gasteiger partial charge in [-0.15, -0.1) is 0 Å². The summed E-state index contributed by atoms with van der Waals surface area (Å²) in [4.78, 5) is 11.0. The van der Waals surface area contributed by atoms with Crippen molar-refractivity contribution >= 4 is 21.8 Å². The first-order chi connectivity index (χ1) is 7.58. The number of ether oxygens (including phenoxy) is 1. The van der Waals surface area contributed by atoms with Gasteiger partial charge in [-0.25, -0.2) is 0 Å². The predicted octanol–water partition coefficient (Wildman–Crippen LogP) is 1.58. The molecule has 1 atom stereocenters. The Balaban J connectivity index is 2.91. The highest BCUT2D eigenvalue weighted by molar-refractivity contribution is 9.10. The van der Waals surface area contributed by atoms with Crippen LogP contribution in [-0.4, -0.2) is 17.1 Å². The van der Waals surface area contributed by atoms with Gasteiger partial charge in [0.1, 0.15) is 5.75 Å².